The van der Waals surface area contributed by atoms with Crippen molar-refractivity contribution in [2.45, 2.75) is 11.7 Å². The zero-order valence-electron chi connectivity index (χ0n) is 12.2. The first kappa shape index (κ1) is 15.3. The molecular formula is C15H13N3O4S. The van der Waals surface area contributed by atoms with Gasteiger partial charge in [0.25, 0.3) is 11.5 Å². The number of anilines is 1. The highest BCUT2D eigenvalue weighted by molar-refractivity contribution is 7.99. The average molecular weight is 331 g/mol. The fourth-order valence-electron chi connectivity index (χ4n) is 2.24. The number of nitrogens with one attached hydrogen (secondary N) is 1. The van der Waals surface area contributed by atoms with Crippen molar-refractivity contribution in [3.8, 4) is 0 Å². The average Bonchev–Trinajstić information content (AvgIpc) is 3.04. The molecule has 0 bridgehead atoms. The molecule has 1 N–H and O–H groups in total. The van der Waals surface area contributed by atoms with Crippen LogP contribution < -0.4 is 10.9 Å². The Morgan fingerprint density at radius 2 is 2.09 bits per heavy atom. The van der Waals surface area contributed by atoms with E-state index in [2.05, 4.69) is 15.0 Å². The molecule has 2 heterocycles. The summed E-state index contributed by atoms with van der Waals surface area (Å²) in [7, 11) is 1.26. The van der Waals surface area contributed by atoms with Gasteiger partial charge in [0, 0.05) is 18.5 Å². The topological polar surface area (TPSA) is 90.3 Å². The summed E-state index contributed by atoms with van der Waals surface area (Å²) in [6.45, 7) is 0.533. The zero-order chi connectivity index (χ0) is 16.4. The molecule has 118 valence electrons. The van der Waals surface area contributed by atoms with Crippen molar-refractivity contribution in [2.75, 3.05) is 18.2 Å². The third kappa shape index (κ3) is 2.85. The van der Waals surface area contributed by atoms with E-state index in [9.17, 15) is 14.4 Å². The van der Waals surface area contributed by atoms with E-state index in [1.165, 1.54) is 35.7 Å². The lowest BCUT2D eigenvalue weighted by atomic mass is 10.1. The van der Waals surface area contributed by atoms with Crippen LogP contribution in [0.25, 0.3) is 0 Å². The van der Waals surface area contributed by atoms with Crippen molar-refractivity contribution in [3.63, 3.8) is 0 Å². The van der Waals surface area contributed by atoms with Crippen LogP contribution in [0.4, 0.5) is 5.69 Å². The molecule has 23 heavy (non-hydrogen) atoms. The standard InChI is InChI=1S/C15H13N3O4S/c1-22-14(21)9-4-2-3-5-11(9)17-12(19)10-8-16-15-18(13(10)20)6-7-23-15/h2-5,8H,6-7H2,1H3,(H,17,19). The second kappa shape index (κ2) is 6.25. The summed E-state index contributed by atoms with van der Waals surface area (Å²) < 4.78 is 6.16. The molecule has 0 aliphatic carbocycles. The van der Waals surface area contributed by atoms with Crippen LogP contribution in [-0.4, -0.2) is 34.3 Å². The minimum Gasteiger partial charge on any atom is -0.465 e. The Hall–Kier alpha value is -2.61. The maximum absolute atomic E-state index is 12.4. The Labute approximate surface area is 135 Å². The van der Waals surface area contributed by atoms with Crippen LogP contribution in [0.15, 0.2) is 40.4 Å². The van der Waals surface area contributed by atoms with Gasteiger partial charge in [-0.3, -0.25) is 14.2 Å². The normalized spacial score (nSPS) is 12.6. The van der Waals surface area contributed by atoms with Crippen molar-refractivity contribution >= 4 is 29.3 Å². The number of hydrogen-bond acceptors (Lipinski definition) is 6. The number of hydrogen-bond donors (Lipinski definition) is 1. The molecule has 0 fully saturated rings. The van der Waals surface area contributed by atoms with Crippen molar-refractivity contribution in [1.29, 1.82) is 0 Å². The van der Waals surface area contributed by atoms with Crippen LogP contribution in [0.3, 0.4) is 0 Å². The lowest BCUT2D eigenvalue weighted by molar-refractivity contribution is 0.0602. The molecule has 1 amide bonds. The number of carbonyl (C=O) groups excluding carboxylic acids is 2. The molecular weight excluding hydrogens is 318 g/mol. The minimum atomic E-state index is -0.606. The maximum Gasteiger partial charge on any atom is 0.339 e. The largest absolute Gasteiger partial charge is 0.465 e. The maximum atomic E-state index is 12.4. The smallest absolute Gasteiger partial charge is 0.339 e. The van der Waals surface area contributed by atoms with E-state index in [0.29, 0.717) is 11.7 Å². The highest BCUT2D eigenvalue weighted by atomic mass is 32.2. The number of nitrogens with zero attached hydrogens (tertiary/aromatic N) is 2. The van der Waals surface area contributed by atoms with Gasteiger partial charge in [-0.05, 0) is 12.1 Å². The van der Waals surface area contributed by atoms with Crippen LogP contribution in [0.5, 0.6) is 0 Å². The van der Waals surface area contributed by atoms with Gasteiger partial charge in [-0.2, -0.15) is 0 Å². The summed E-state index contributed by atoms with van der Waals surface area (Å²) in [6.07, 6.45) is 1.27. The van der Waals surface area contributed by atoms with Crippen molar-refractivity contribution in [3.05, 3.63) is 51.9 Å². The van der Waals surface area contributed by atoms with Gasteiger partial charge in [0.05, 0.1) is 18.4 Å². The third-order valence-corrected chi connectivity index (χ3v) is 4.35. The zero-order valence-corrected chi connectivity index (χ0v) is 13.1. The molecule has 0 atom stereocenters. The summed E-state index contributed by atoms with van der Waals surface area (Å²) in [4.78, 5) is 40.5. The number of thioether (sulfide) groups is 1. The minimum absolute atomic E-state index is 0.0593. The van der Waals surface area contributed by atoms with Crippen LogP contribution >= 0.6 is 11.8 Å². The van der Waals surface area contributed by atoms with Crippen LogP contribution in [-0.2, 0) is 11.3 Å². The number of fused-ring (bicyclic) bond motifs is 1. The van der Waals surface area contributed by atoms with Gasteiger partial charge in [0.2, 0.25) is 0 Å². The highest BCUT2D eigenvalue weighted by Gasteiger charge is 2.21. The number of esters is 1. The van der Waals surface area contributed by atoms with Crippen molar-refractivity contribution in [2.24, 2.45) is 0 Å². The molecule has 1 aliphatic rings. The summed E-state index contributed by atoms with van der Waals surface area (Å²) in [6, 6.07) is 6.43. The van der Waals surface area contributed by atoms with Crippen LogP contribution in [0.2, 0.25) is 0 Å². The van der Waals surface area contributed by atoms with Crippen LogP contribution in [0, 0.1) is 0 Å². The van der Waals surface area contributed by atoms with Gasteiger partial charge in [-0.1, -0.05) is 23.9 Å². The molecule has 2 aromatic rings. The lowest BCUT2D eigenvalue weighted by Crippen LogP contribution is -2.29. The molecule has 3 rings (SSSR count). The van der Waals surface area contributed by atoms with E-state index in [-0.39, 0.29) is 22.4 Å². The molecule has 1 aliphatic heterocycles. The molecule has 0 saturated heterocycles. The highest BCUT2D eigenvalue weighted by Crippen LogP contribution is 2.21. The lowest BCUT2D eigenvalue weighted by Gasteiger charge is -2.10. The van der Waals surface area contributed by atoms with Gasteiger partial charge in [0.1, 0.15) is 5.56 Å². The predicted molar refractivity (Wildman–Crippen MR) is 85.0 cm³/mol. The number of ether oxygens (including phenoxy) is 1. The Balaban J connectivity index is 1.92. The van der Waals surface area contributed by atoms with Gasteiger partial charge in [0.15, 0.2) is 5.16 Å². The molecule has 0 radical (unpaired) electrons. The Bertz CT molecular complexity index is 847. The van der Waals surface area contributed by atoms with E-state index in [0.717, 1.165) is 5.75 Å². The second-order valence-electron chi connectivity index (χ2n) is 4.75. The summed E-state index contributed by atoms with van der Waals surface area (Å²) in [5, 5.41) is 3.19. The fourth-order valence-corrected chi connectivity index (χ4v) is 3.16. The summed E-state index contributed by atoms with van der Waals surface area (Å²) in [5.41, 5.74) is 0.0562. The summed E-state index contributed by atoms with van der Waals surface area (Å²) >= 11 is 1.47. The number of benzene rings is 1. The summed E-state index contributed by atoms with van der Waals surface area (Å²) in [5.74, 6) is -0.412. The van der Waals surface area contributed by atoms with Gasteiger partial charge in [-0.15, -0.1) is 0 Å². The molecule has 0 saturated carbocycles. The first-order valence-electron chi connectivity index (χ1n) is 6.83. The number of aromatic nitrogens is 2. The van der Waals surface area contributed by atoms with E-state index >= 15 is 0 Å². The van der Waals surface area contributed by atoms with E-state index in [1.54, 1.807) is 18.2 Å². The molecule has 8 heteroatoms. The molecule has 1 aromatic carbocycles. The van der Waals surface area contributed by atoms with Crippen LogP contribution in [0.1, 0.15) is 20.7 Å². The number of rotatable bonds is 3. The number of carbonyl (C=O) groups is 2. The third-order valence-electron chi connectivity index (χ3n) is 3.38. The van der Waals surface area contributed by atoms with Gasteiger partial charge < -0.3 is 10.1 Å². The molecule has 7 nitrogen and oxygen atoms in total. The van der Waals surface area contributed by atoms with Gasteiger partial charge in [-0.25, -0.2) is 9.78 Å². The van der Waals surface area contributed by atoms with Gasteiger partial charge >= 0.3 is 5.97 Å². The molecule has 1 aromatic heterocycles. The predicted octanol–water partition coefficient (Wildman–Crippen LogP) is 1.39. The molecule has 0 spiro atoms. The van der Waals surface area contributed by atoms with E-state index in [1.807, 2.05) is 0 Å². The van der Waals surface area contributed by atoms with Crippen molar-refractivity contribution in [1.82, 2.24) is 9.55 Å². The van der Waals surface area contributed by atoms with E-state index in [4.69, 9.17) is 0 Å². The Kier molecular flexibility index (Phi) is 4.16. The Morgan fingerprint density at radius 1 is 1.30 bits per heavy atom. The number of methoxy groups -OCH3 is 1. The fraction of sp³-hybridized carbons (Fsp3) is 0.200. The number of amides is 1. The quantitative estimate of drug-likeness (QED) is 0.675. The monoisotopic (exact) mass is 331 g/mol. The first-order chi connectivity index (χ1) is 11.1. The van der Waals surface area contributed by atoms with Crippen molar-refractivity contribution < 1.29 is 14.3 Å². The second-order valence-corrected chi connectivity index (χ2v) is 5.81. The first-order valence-corrected chi connectivity index (χ1v) is 7.81. The number of para-hydroxylation sites is 1. The SMILES string of the molecule is COC(=O)c1ccccc1NC(=O)c1cnc2n(c1=O)CCS2. The van der Waals surface area contributed by atoms with E-state index < -0.39 is 11.9 Å². The molecule has 0 unspecified atom stereocenters. The Morgan fingerprint density at radius 3 is 2.87 bits per heavy atom.